The van der Waals surface area contributed by atoms with Gasteiger partial charge in [-0.15, -0.1) is 0 Å². The molecular weight excluding hydrogens is 226 g/mol. The van der Waals surface area contributed by atoms with Crippen LogP contribution >= 0.6 is 0 Å². The van der Waals surface area contributed by atoms with Gasteiger partial charge >= 0.3 is 0 Å². The van der Waals surface area contributed by atoms with Gasteiger partial charge in [0, 0.05) is 38.1 Å². The molecule has 0 saturated heterocycles. The van der Waals surface area contributed by atoms with E-state index in [0.717, 1.165) is 37.6 Å². The molecule has 1 N–H and O–H groups in total. The number of likely N-dealkylation sites (N-methyl/N-ethyl adjacent to an activating group) is 1. The zero-order chi connectivity index (χ0) is 13.4. The van der Waals surface area contributed by atoms with Crippen molar-refractivity contribution in [3.05, 3.63) is 24.0 Å². The van der Waals surface area contributed by atoms with Crippen LogP contribution in [0.3, 0.4) is 0 Å². The second kappa shape index (κ2) is 8.06. The van der Waals surface area contributed by atoms with Gasteiger partial charge in [0.05, 0.1) is 12.3 Å². The summed E-state index contributed by atoms with van der Waals surface area (Å²) in [5, 5.41) is 3.31. The summed E-state index contributed by atoms with van der Waals surface area (Å²) in [5.74, 6) is 0. The molecule has 0 aromatic carbocycles. The van der Waals surface area contributed by atoms with E-state index in [1.54, 1.807) is 7.11 Å². The molecule has 1 unspecified atom stereocenters. The molecular formula is C14H25N3O. The molecule has 0 fully saturated rings. The van der Waals surface area contributed by atoms with Crippen molar-refractivity contribution >= 4 is 5.69 Å². The largest absolute Gasteiger partial charge is 0.385 e. The Morgan fingerprint density at radius 3 is 2.83 bits per heavy atom. The van der Waals surface area contributed by atoms with Gasteiger partial charge in [-0.25, -0.2) is 0 Å². The highest BCUT2D eigenvalue weighted by Gasteiger charge is 2.12. The lowest BCUT2D eigenvalue weighted by Gasteiger charge is -2.26. The van der Waals surface area contributed by atoms with Crippen molar-refractivity contribution < 1.29 is 4.74 Å². The Balaban J connectivity index is 2.66. The molecule has 1 aromatic rings. The van der Waals surface area contributed by atoms with Gasteiger partial charge < -0.3 is 10.1 Å². The molecule has 0 saturated carbocycles. The Morgan fingerprint density at radius 1 is 1.44 bits per heavy atom. The number of pyridine rings is 1. The van der Waals surface area contributed by atoms with Crippen LogP contribution < -0.4 is 5.32 Å². The second-order valence-electron chi connectivity index (χ2n) is 4.43. The zero-order valence-electron chi connectivity index (χ0n) is 11.9. The predicted octanol–water partition coefficient (Wildman–Crippen LogP) is 2.37. The fourth-order valence-electron chi connectivity index (χ4n) is 2.01. The minimum absolute atomic E-state index is 0.407. The second-order valence-corrected chi connectivity index (χ2v) is 4.43. The summed E-state index contributed by atoms with van der Waals surface area (Å²) in [7, 11) is 1.74. The monoisotopic (exact) mass is 251 g/mol. The van der Waals surface area contributed by atoms with Crippen LogP contribution in [0, 0.1) is 0 Å². The van der Waals surface area contributed by atoms with Gasteiger partial charge in [-0.3, -0.25) is 9.88 Å². The standard InChI is InChI=1S/C14H25N3O/c1-5-15-13-7-8-16-14(9-13)10-17(6-2)12(3)11-18-4/h7-9,12H,5-6,10-11H2,1-4H3,(H,15,16). The third-order valence-electron chi connectivity index (χ3n) is 3.00. The quantitative estimate of drug-likeness (QED) is 0.769. The molecule has 102 valence electrons. The Hall–Kier alpha value is -1.13. The van der Waals surface area contributed by atoms with E-state index < -0.39 is 0 Å². The van der Waals surface area contributed by atoms with Crippen molar-refractivity contribution in [2.75, 3.05) is 32.1 Å². The zero-order valence-corrected chi connectivity index (χ0v) is 11.9. The number of ether oxygens (including phenoxy) is 1. The molecule has 0 radical (unpaired) electrons. The summed E-state index contributed by atoms with van der Waals surface area (Å²) in [6.07, 6.45) is 1.86. The van der Waals surface area contributed by atoms with Crippen LogP contribution in [0.4, 0.5) is 5.69 Å². The fraction of sp³-hybridized carbons (Fsp3) is 0.643. The van der Waals surface area contributed by atoms with E-state index in [1.807, 2.05) is 12.3 Å². The third-order valence-corrected chi connectivity index (χ3v) is 3.00. The first-order chi connectivity index (χ1) is 8.71. The summed E-state index contributed by atoms with van der Waals surface area (Å²) in [6, 6.07) is 4.53. The first-order valence-corrected chi connectivity index (χ1v) is 6.63. The van der Waals surface area contributed by atoms with Gasteiger partial charge in [0.15, 0.2) is 0 Å². The SMILES string of the molecule is CCNc1ccnc(CN(CC)C(C)COC)c1. The molecule has 4 heteroatoms. The van der Waals surface area contributed by atoms with Crippen LogP contribution in [0.25, 0.3) is 0 Å². The maximum atomic E-state index is 5.21. The number of nitrogens with zero attached hydrogens (tertiary/aromatic N) is 2. The minimum Gasteiger partial charge on any atom is -0.385 e. The lowest BCUT2D eigenvalue weighted by Crippen LogP contribution is -2.35. The molecule has 18 heavy (non-hydrogen) atoms. The average Bonchev–Trinajstić information content (AvgIpc) is 2.37. The van der Waals surface area contributed by atoms with E-state index in [0.29, 0.717) is 6.04 Å². The molecule has 1 rings (SSSR count). The predicted molar refractivity (Wildman–Crippen MR) is 75.8 cm³/mol. The van der Waals surface area contributed by atoms with Gasteiger partial charge in [-0.1, -0.05) is 6.92 Å². The van der Waals surface area contributed by atoms with Crippen LogP contribution in [0.5, 0.6) is 0 Å². The molecule has 1 heterocycles. The summed E-state index contributed by atoms with van der Waals surface area (Å²) in [4.78, 5) is 6.79. The Labute approximate surface area is 110 Å². The van der Waals surface area contributed by atoms with Crippen LogP contribution in [0.1, 0.15) is 26.5 Å². The summed E-state index contributed by atoms with van der Waals surface area (Å²) >= 11 is 0. The van der Waals surface area contributed by atoms with E-state index >= 15 is 0 Å². The Kier molecular flexibility index (Phi) is 6.68. The van der Waals surface area contributed by atoms with Crippen LogP contribution in [0.2, 0.25) is 0 Å². The molecule has 0 spiro atoms. The highest BCUT2D eigenvalue weighted by atomic mass is 16.5. The number of rotatable bonds is 8. The van der Waals surface area contributed by atoms with E-state index in [4.69, 9.17) is 4.74 Å². The topological polar surface area (TPSA) is 37.4 Å². The maximum Gasteiger partial charge on any atom is 0.0615 e. The number of nitrogens with one attached hydrogen (secondary N) is 1. The van der Waals surface area contributed by atoms with Crippen molar-refractivity contribution in [1.82, 2.24) is 9.88 Å². The summed E-state index contributed by atoms with van der Waals surface area (Å²) in [5.41, 5.74) is 2.23. The first-order valence-electron chi connectivity index (χ1n) is 6.63. The number of hydrogen-bond acceptors (Lipinski definition) is 4. The van der Waals surface area contributed by atoms with Crippen molar-refractivity contribution in [2.45, 2.75) is 33.4 Å². The Morgan fingerprint density at radius 2 is 2.22 bits per heavy atom. The number of methoxy groups -OCH3 is 1. The molecule has 0 aliphatic carbocycles. The van der Waals surface area contributed by atoms with Crippen molar-refractivity contribution in [3.63, 3.8) is 0 Å². The Bertz CT molecular complexity index is 344. The molecule has 0 bridgehead atoms. The van der Waals surface area contributed by atoms with Gasteiger partial charge in [0.2, 0.25) is 0 Å². The minimum atomic E-state index is 0.407. The molecule has 0 aliphatic heterocycles. The van der Waals surface area contributed by atoms with Crippen molar-refractivity contribution in [1.29, 1.82) is 0 Å². The molecule has 1 atom stereocenters. The summed E-state index contributed by atoms with van der Waals surface area (Å²) in [6.45, 7) is 9.99. The maximum absolute atomic E-state index is 5.21. The van der Waals surface area contributed by atoms with Gasteiger partial charge in [0.1, 0.15) is 0 Å². The van der Waals surface area contributed by atoms with E-state index in [2.05, 4.69) is 42.0 Å². The van der Waals surface area contributed by atoms with Gasteiger partial charge in [-0.2, -0.15) is 0 Å². The van der Waals surface area contributed by atoms with Gasteiger partial charge in [0.25, 0.3) is 0 Å². The first kappa shape index (κ1) is 14.9. The number of aromatic nitrogens is 1. The molecule has 4 nitrogen and oxygen atoms in total. The smallest absolute Gasteiger partial charge is 0.0615 e. The number of hydrogen-bond donors (Lipinski definition) is 1. The molecule has 0 amide bonds. The van der Waals surface area contributed by atoms with Crippen molar-refractivity contribution in [3.8, 4) is 0 Å². The third kappa shape index (κ3) is 4.63. The lowest BCUT2D eigenvalue weighted by molar-refractivity contribution is 0.0974. The van der Waals surface area contributed by atoms with Gasteiger partial charge in [-0.05, 0) is 32.5 Å². The highest BCUT2D eigenvalue weighted by molar-refractivity contribution is 5.42. The van der Waals surface area contributed by atoms with Crippen LogP contribution in [-0.4, -0.2) is 42.7 Å². The average molecular weight is 251 g/mol. The van der Waals surface area contributed by atoms with Crippen LogP contribution in [0.15, 0.2) is 18.3 Å². The van der Waals surface area contributed by atoms with E-state index in [-0.39, 0.29) is 0 Å². The normalized spacial score (nSPS) is 12.7. The molecule has 1 aromatic heterocycles. The molecule has 0 aliphatic rings. The number of anilines is 1. The van der Waals surface area contributed by atoms with Crippen molar-refractivity contribution in [2.24, 2.45) is 0 Å². The highest BCUT2D eigenvalue weighted by Crippen LogP contribution is 2.11. The van der Waals surface area contributed by atoms with E-state index in [1.165, 1.54) is 0 Å². The van der Waals surface area contributed by atoms with Crippen LogP contribution in [-0.2, 0) is 11.3 Å². The fourth-order valence-corrected chi connectivity index (χ4v) is 2.01. The summed E-state index contributed by atoms with van der Waals surface area (Å²) < 4.78 is 5.21. The van der Waals surface area contributed by atoms with E-state index in [9.17, 15) is 0 Å². The lowest BCUT2D eigenvalue weighted by atomic mass is 10.2.